The molecular weight excluding hydrogens is 356 g/mol. The highest BCUT2D eigenvalue weighted by Crippen LogP contribution is 2.50. The summed E-state index contributed by atoms with van der Waals surface area (Å²) in [6.45, 7) is 2.01. The number of amides is 2. The van der Waals surface area contributed by atoms with E-state index in [9.17, 15) is 14.4 Å². The Kier molecular flexibility index (Phi) is 4.41. The number of carbonyl (C=O) groups is 3. The average molecular weight is 378 g/mol. The molecule has 1 aliphatic carbocycles. The fourth-order valence-electron chi connectivity index (χ4n) is 3.86. The highest BCUT2D eigenvalue weighted by molar-refractivity contribution is 6.18. The minimum absolute atomic E-state index is 0.0258. The van der Waals surface area contributed by atoms with E-state index in [1.807, 2.05) is 31.2 Å². The molecule has 0 radical (unpaired) electrons. The van der Waals surface area contributed by atoms with Crippen LogP contribution >= 0.6 is 0 Å². The van der Waals surface area contributed by atoms with Crippen molar-refractivity contribution in [2.24, 2.45) is 5.41 Å². The van der Waals surface area contributed by atoms with Crippen molar-refractivity contribution in [3.63, 3.8) is 0 Å². The van der Waals surface area contributed by atoms with Crippen LogP contribution in [0.4, 0.5) is 11.4 Å². The molecule has 1 N–H and O–H groups in total. The van der Waals surface area contributed by atoms with Crippen LogP contribution in [-0.4, -0.2) is 30.9 Å². The van der Waals surface area contributed by atoms with E-state index in [1.54, 1.807) is 29.2 Å². The number of esters is 1. The van der Waals surface area contributed by atoms with Gasteiger partial charge in [-0.25, -0.2) is 4.79 Å². The summed E-state index contributed by atoms with van der Waals surface area (Å²) in [4.78, 5) is 39.8. The monoisotopic (exact) mass is 378 g/mol. The molecule has 1 atom stereocenters. The third-order valence-electron chi connectivity index (χ3n) is 5.56. The fourth-order valence-corrected chi connectivity index (χ4v) is 3.86. The second-order valence-corrected chi connectivity index (χ2v) is 7.47. The summed E-state index contributed by atoms with van der Waals surface area (Å²) in [6.07, 6.45) is 1.85. The van der Waals surface area contributed by atoms with E-state index in [-0.39, 0.29) is 17.9 Å². The van der Waals surface area contributed by atoms with Gasteiger partial charge in [-0.3, -0.25) is 9.59 Å². The summed E-state index contributed by atoms with van der Waals surface area (Å²) in [7, 11) is 1.31. The SMILES string of the molecule is COC(=O)c1cccc(NC(=O)C2(C(=O)N3c4ccccc4CC3C)CC2)c1. The molecule has 6 nitrogen and oxygen atoms in total. The maximum Gasteiger partial charge on any atom is 0.337 e. The second kappa shape index (κ2) is 6.78. The number of nitrogens with zero attached hydrogens (tertiary/aromatic N) is 1. The number of carbonyl (C=O) groups excluding carboxylic acids is 3. The summed E-state index contributed by atoms with van der Waals surface area (Å²) in [5.74, 6) is -0.946. The summed E-state index contributed by atoms with van der Waals surface area (Å²) in [6, 6.07) is 14.4. The fraction of sp³-hybridized carbons (Fsp3) is 0.318. The normalized spacial score (nSPS) is 18.9. The van der Waals surface area contributed by atoms with Gasteiger partial charge < -0.3 is 15.0 Å². The van der Waals surface area contributed by atoms with Gasteiger partial charge in [-0.2, -0.15) is 0 Å². The van der Waals surface area contributed by atoms with Crippen molar-refractivity contribution in [3.05, 3.63) is 59.7 Å². The van der Waals surface area contributed by atoms with Crippen molar-refractivity contribution in [3.8, 4) is 0 Å². The van der Waals surface area contributed by atoms with Crippen molar-refractivity contribution >= 4 is 29.2 Å². The molecule has 144 valence electrons. The lowest BCUT2D eigenvalue weighted by molar-refractivity contribution is -0.132. The third kappa shape index (κ3) is 2.95. The predicted octanol–water partition coefficient (Wildman–Crippen LogP) is 3.17. The van der Waals surface area contributed by atoms with Gasteiger partial charge in [0.1, 0.15) is 5.41 Å². The van der Waals surface area contributed by atoms with Gasteiger partial charge in [0.05, 0.1) is 12.7 Å². The Bertz CT molecular complexity index is 965. The molecular formula is C22H22N2O4. The molecule has 0 aromatic heterocycles. The lowest BCUT2D eigenvalue weighted by atomic mass is 10.0. The molecule has 1 fully saturated rings. The van der Waals surface area contributed by atoms with Crippen molar-refractivity contribution in [1.82, 2.24) is 0 Å². The van der Waals surface area contributed by atoms with Crippen LogP contribution in [0.1, 0.15) is 35.7 Å². The number of benzene rings is 2. The molecule has 1 saturated carbocycles. The Hall–Kier alpha value is -3.15. The number of hydrogen-bond acceptors (Lipinski definition) is 4. The number of fused-ring (bicyclic) bond motifs is 1. The first kappa shape index (κ1) is 18.2. The largest absolute Gasteiger partial charge is 0.465 e. The van der Waals surface area contributed by atoms with Crippen molar-refractivity contribution in [2.75, 3.05) is 17.3 Å². The standard InChI is InChI=1S/C22H22N2O4/c1-14-12-15-6-3-4-9-18(15)24(14)21(27)22(10-11-22)20(26)23-17-8-5-7-16(13-17)19(25)28-2/h3-9,13-14H,10-12H2,1-2H3,(H,23,26). The van der Waals surface area contributed by atoms with E-state index in [0.717, 1.165) is 17.7 Å². The number of hydrogen-bond donors (Lipinski definition) is 1. The van der Waals surface area contributed by atoms with Gasteiger partial charge in [-0.05, 0) is 56.0 Å². The zero-order valence-corrected chi connectivity index (χ0v) is 15.9. The third-order valence-corrected chi connectivity index (χ3v) is 5.56. The van der Waals surface area contributed by atoms with Gasteiger partial charge >= 0.3 is 5.97 Å². The van der Waals surface area contributed by atoms with Gasteiger partial charge in [-0.15, -0.1) is 0 Å². The second-order valence-electron chi connectivity index (χ2n) is 7.47. The zero-order chi connectivity index (χ0) is 19.9. The zero-order valence-electron chi connectivity index (χ0n) is 15.9. The molecule has 4 rings (SSSR count). The first-order valence-corrected chi connectivity index (χ1v) is 9.38. The van der Waals surface area contributed by atoms with Crippen LogP contribution < -0.4 is 10.2 Å². The van der Waals surface area contributed by atoms with Crippen LogP contribution in [-0.2, 0) is 20.7 Å². The average Bonchev–Trinajstić information content (AvgIpc) is 3.44. The van der Waals surface area contributed by atoms with Crippen molar-refractivity contribution in [2.45, 2.75) is 32.2 Å². The van der Waals surface area contributed by atoms with Crippen LogP contribution in [0.25, 0.3) is 0 Å². The van der Waals surface area contributed by atoms with Gasteiger partial charge in [0.15, 0.2) is 0 Å². The number of methoxy groups -OCH3 is 1. The number of para-hydroxylation sites is 1. The molecule has 2 aromatic rings. The van der Waals surface area contributed by atoms with E-state index < -0.39 is 11.4 Å². The topological polar surface area (TPSA) is 75.7 Å². The summed E-state index contributed by atoms with van der Waals surface area (Å²) in [5.41, 5.74) is 1.81. The number of rotatable bonds is 4. The minimum atomic E-state index is -1.03. The lowest BCUT2D eigenvalue weighted by Gasteiger charge is -2.27. The van der Waals surface area contributed by atoms with Crippen LogP contribution in [0.2, 0.25) is 0 Å². The van der Waals surface area contributed by atoms with Gasteiger partial charge in [-0.1, -0.05) is 24.3 Å². The molecule has 0 saturated heterocycles. The number of ether oxygens (including phenoxy) is 1. The van der Waals surface area contributed by atoms with E-state index >= 15 is 0 Å². The molecule has 2 aliphatic rings. The van der Waals surface area contributed by atoms with Crippen LogP contribution in [0.5, 0.6) is 0 Å². The summed E-state index contributed by atoms with van der Waals surface area (Å²) in [5, 5.41) is 2.81. The molecule has 0 bridgehead atoms. The van der Waals surface area contributed by atoms with E-state index in [0.29, 0.717) is 24.1 Å². The van der Waals surface area contributed by atoms with Crippen molar-refractivity contribution in [1.29, 1.82) is 0 Å². The number of nitrogens with one attached hydrogen (secondary N) is 1. The number of anilines is 2. The molecule has 1 heterocycles. The molecule has 6 heteroatoms. The molecule has 28 heavy (non-hydrogen) atoms. The van der Waals surface area contributed by atoms with Crippen LogP contribution in [0, 0.1) is 5.41 Å². The lowest BCUT2D eigenvalue weighted by Crippen LogP contribution is -2.45. The maximum atomic E-state index is 13.3. The Morgan fingerprint density at radius 1 is 1.11 bits per heavy atom. The van der Waals surface area contributed by atoms with E-state index in [4.69, 9.17) is 4.74 Å². The Morgan fingerprint density at radius 3 is 2.57 bits per heavy atom. The first-order valence-electron chi connectivity index (χ1n) is 9.38. The Labute approximate surface area is 163 Å². The predicted molar refractivity (Wildman–Crippen MR) is 105 cm³/mol. The van der Waals surface area contributed by atoms with Crippen LogP contribution in [0.3, 0.4) is 0 Å². The summed E-state index contributed by atoms with van der Waals surface area (Å²) >= 11 is 0. The Balaban J connectivity index is 1.55. The molecule has 2 aromatic carbocycles. The van der Waals surface area contributed by atoms with Crippen molar-refractivity contribution < 1.29 is 19.1 Å². The van der Waals surface area contributed by atoms with E-state index in [2.05, 4.69) is 5.32 Å². The van der Waals surface area contributed by atoms with Crippen LogP contribution in [0.15, 0.2) is 48.5 Å². The molecule has 2 amide bonds. The highest BCUT2D eigenvalue weighted by Gasteiger charge is 2.59. The quantitative estimate of drug-likeness (QED) is 0.655. The van der Waals surface area contributed by atoms with Gasteiger partial charge in [0, 0.05) is 17.4 Å². The smallest absolute Gasteiger partial charge is 0.337 e. The summed E-state index contributed by atoms with van der Waals surface area (Å²) < 4.78 is 4.71. The van der Waals surface area contributed by atoms with Gasteiger partial charge in [0.25, 0.3) is 0 Å². The first-order chi connectivity index (χ1) is 13.5. The molecule has 1 unspecified atom stereocenters. The molecule has 1 aliphatic heterocycles. The highest BCUT2D eigenvalue weighted by atomic mass is 16.5. The Morgan fingerprint density at radius 2 is 1.86 bits per heavy atom. The minimum Gasteiger partial charge on any atom is -0.465 e. The van der Waals surface area contributed by atoms with E-state index in [1.165, 1.54) is 7.11 Å². The molecule has 0 spiro atoms. The maximum absolute atomic E-state index is 13.3. The van der Waals surface area contributed by atoms with Gasteiger partial charge in [0.2, 0.25) is 11.8 Å².